The van der Waals surface area contributed by atoms with Gasteiger partial charge in [-0.1, -0.05) is 0 Å². The predicted molar refractivity (Wildman–Crippen MR) is 43.0 cm³/mol. The Morgan fingerprint density at radius 1 is 1.58 bits per heavy atom. The third-order valence-corrected chi connectivity index (χ3v) is 1.65. The first kappa shape index (κ1) is 6.84. The zero-order valence-electron chi connectivity index (χ0n) is 6.52. The van der Waals surface area contributed by atoms with E-state index < -0.39 is 0 Å². The van der Waals surface area contributed by atoms with Crippen molar-refractivity contribution in [3.63, 3.8) is 0 Å². The molecule has 62 valence electrons. The molecule has 2 rings (SSSR count). The lowest BCUT2D eigenvalue weighted by Gasteiger charge is -1.94. The van der Waals surface area contributed by atoms with Crippen molar-refractivity contribution in [3.8, 4) is 11.4 Å². The third kappa shape index (κ3) is 0.849. The number of nitrogen functional groups attached to an aromatic ring is 1. The van der Waals surface area contributed by atoms with Crippen LogP contribution in [0.1, 0.15) is 0 Å². The third-order valence-electron chi connectivity index (χ3n) is 1.65. The predicted octanol–water partition coefficient (Wildman–Crippen LogP) is -0.213. The highest BCUT2D eigenvalue weighted by molar-refractivity contribution is 5.67. The number of nitrogens with two attached hydrogens (primary N) is 1. The first-order valence-corrected chi connectivity index (χ1v) is 3.42. The number of aromatic nitrogens is 5. The Morgan fingerprint density at radius 3 is 2.92 bits per heavy atom. The molecule has 0 bridgehead atoms. The number of hydrogen-bond acceptors (Lipinski definition) is 4. The first-order valence-electron chi connectivity index (χ1n) is 3.42. The van der Waals surface area contributed by atoms with Gasteiger partial charge in [-0.3, -0.25) is 9.78 Å². The number of nitrogens with one attached hydrogen (secondary N) is 1. The second-order valence-electron chi connectivity index (χ2n) is 2.40. The monoisotopic (exact) mass is 164 g/mol. The molecule has 0 saturated heterocycles. The topological polar surface area (TPSA) is 85.4 Å². The minimum absolute atomic E-state index is 0.576. The van der Waals surface area contributed by atoms with Crippen LogP contribution in [0.2, 0.25) is 0 Å². The molecule has 6 nitrogen and oxygen atoms in total. The van der Waals surface area contributed by atoms with Crippen LogP contribution in [-0.4, -0.2) is 25.0 Å². The van der Waals surface area contributed by atoms with E-state index in [2.05, 4.69) is 20.3 Å². The maximum Gasteiger partial charge on any atom is 0.160 e. The van der Waals surface area contributed by atoms with Crippen molar-refractivity contribution in [2.45, 2.75) is 0 Å². The fourth-order valence-corrected chi connectivity index (χ4v) is 0.965. The zero-order chi connectivity index (χ0) is 8.55. The molecule has 0 saturated carbocycles. The second kappa shape index (κ2) is 2.33. The lowest BCUT2D eigenvalue weighted by Crippen LogP contribution is -1.98. The summed E-state index contributed by atoms with van der Waals surface area (Å²) in [6, 6.07) is 0. The Kier molecular flexibility index (Phi) is 1.33. The van der Waals surface area contributed by atoms with Crippen LogP contribution in [-0.2, 0) is 7.05 Å². The number of aryl methyl sites for hydroxylation is 1. The van der Waals surface area contributed by atoms with E-state index in [9.17, 15) is 0 Å². The van der Waals surface area contributed by atoms with E-state index in [0.29, 0.717) is 11.6 Å². The number of rotatable bonds is 1. The van der Waals surface area contributed by atoms with Crippen LogP contribution >= 0.6 is 0 Å². The smallest absolute Gasteiger partial charge is 0.160 e. The molecule has 0 amide bonds. The van der Waals surface area contributed by atoms with E-state index in [1.54, 1.807) is 17.9 Å². The van der Waals surface area contributed by atoms with Gasteiger partial charge in [0, 0.05) is 7.05 Å². The largest absolute Gasteiger partial charge is 0.383 e. The van der Waals surface area contributed by atoms with E-state index in [1.165, 1.54) is 6.33 Å². The van der Waals surface area contributed by atoms with Crippen molar-refractivity contribution in [2.75, 3.05) is 5.73 Å². The first-order chi connectivity index (χ1) is 5.79. The summed E-state index contributed by atoms with van der Waals surface area (Å²) in [5, 5.41) is 10.4. The van der Waals surface area contributed by atoms with Gasteiger partial charge in [0.1, 0.15) is 12.1 Å². The highest BCUT2D eigenvalue weighted by Crippen LogP contribution is 2.19. The Balaban J connectivity index is 2.55. The summed E-state index contributed by atoms with van der Waals surface area (Å²) in [6.45, 7) is 0. The zero-order valence-corrected chi connectivity index (χ0v) is 6.52. The van der Waals surface area contributed by atoms with Crippen molar-refractivity contribution in [1.29, 1.82) is 0 Å². The van der Waals surface area contributed by atoms with E-state index >= 15 is 0 Å². The summed E-state index contributed by atoms with van der Waals surface area (Å²) in [6.07, 6.45) is 3.08. The summed E-state index contributed by atoms with van der Waals surface area (Å²) < 4.78 is 1.58. The van der Waals surface area contributed by atoms with E-state index in [-0.39, 0.29) is 0 Å². The van der Waals surface area contributed by atoms with Gasteiger partial charge < -0.3 is 5.73 Å². The van der Waals surface area contributed by atoms with Gasteiger partial charge in [0.25, 0.3) is 0 Å². The number of nitrogens with zero attached hydrogens (tertiary/aromatic N) is 4. The maximum absolute atomic E-state index is 5.71. The van der Waals surface area contributed by atoms with Crippen LogP contribution in [0.15, 0.2) is 12.5 Å². The van der Waals surface area contributed by atoms with Gasteiger partial charge in [0.05, 0.1) is 11.8 Å². The Morgan fingerprint density at radius 2 is 2.42 bits per heavy atom. The van der Waals surface area contributed by atoms with Crippen molar-refractivity contribution < 1.29 is 0 Å². The maximum atomic E-state index is 5.71. The molecule has 0 aromatic carbocycles. The van der Waals surface area contributed by atoms with E-state index in [4.69, 9.17) is 5.73 Å². The average molecular weight is 164 g/mol. The molecule has 0 unspecified atom stereocenters. The molecule has 0 atom stereocenters. The molecular weight excluding hydrogens is 156 g/mol. The van der Waals surface area contributed by atoms with Crippen molar-refractivity contribution in [2.24, 2.45) is 7.05 Å². The number of anilines is 1. The highest BCUT2D eigenvalue weighted by Gasteiger charge is 2.08. The van der Waals surface area contributed by atoms with Gasteiger partial charge >= 0.3 is 0 Å². The highest BCUT2D eigenvalue weighted by atomic mass is 15.3. The minimum Gasteiger partial charge on any atom is -0.383 e. The number of H-pyrrole nitrogens is 1. The van der Waals surface area contributed by atoms with Gasteiger partial charge in [-0.15, -0.1) is 0 Å². The standard InChI is InChI=1S/C6H8N6/c1-12-5(7)4(2-10-12)6-8-3-9-11-6/h2-3H,7H2,1H3,(H,8,9,11). The fraction of sp³-hybridized carbons (Fsp3) is 0.167. The van der Waals surface area contributed by atoms with Crippen LogP contribution in [0.5, 0.6) is 0 Å². The summed E-state index contributed by atoms with van der Waals surface area (Å²) in [4.78, 5) is 3.96. The molecule has 6 heteroatoms. The van der Waals surface area contributed by atoms with Gasteiger partial charge in [-0.05, 0) is 0 Å². The van der Waals surface area contributed by atoms with Crippen LogP contribution in [0, 0.1) is 0 Å². The van der Waals surface area contributed by atoms with Gasteiger partial charge in [0.2, 0.25) is 0 Å². The molecule has 3 N–H and O–H groups in total. The Hall–Kier alpha value is -1.85. The van der Waals surface area contributed by atoms with Crippen molar-refractivity contribution >= 4 is 5.82 Å². The average Bonchev–Trinajstić information content (AvgIpc) is 2.64. The van der Waals surface area contributed by atoms with Crippen LogP contribution in [0.3, 0.4) is 0 Å². The Labute approximate surface area is 68.4 Å². The molecule has 2 heterocycles. The molecule has 2 aromatic heterocycles. The van der Waals surface area contributed by atoms with Crippen LogP contribution < -0.4 is 5.73 Å². The van der Waals surface area contributed by atoms with Gasteiger partial charge in [0.15, 0.2) is 5.82 Å². The summed E-state index contributed by atoms with van der Waals surface area (Å²) in [7, 11) is 1.77. The Bertz CT molecular complexity index is 373. The molecule has 0 fully saturated rings. The molecule has 0 spiro atoms. The summed E-state index contributed by atoms with van der Waals surface area (Å²) >= 11 is 0. The van der Waals surface area contributed by atoms with E-state index in [0.717, 1.165) is 5.56 Å². The molecule has 0 radical (unpaired) electrons. The quantitative estimate of drug-likeness (QED) is 0.610. The second-order valence-corrected chi connectivity index (χ2v) is 2.40. The van der Waals surface area contributed by atoms with Gasteiger partial charge in [-0.25, -0.2) is 4.98 Å². The molecule has 12 heavy (non-hydrogen) atoms. The lowest BCUT2D eigenvalue weighted by molar-refractivity contribution is 0.779. The normalized spacial score (nSPS) is 10.4. The van der Waals surface area contributed by atoms with Crippen LogP contribution in [0.4, 0.5) is 5.82 Å². The van der Waals surface area contributed by atoms with Gasteiger partial charge in [-0.2, -0.15) is 10.2 Å². The van der Waals surface area contributed by atoms with Crippen LogP contribution in [0.25, 0.3) is 11.4 Å². The summed E-state index contributed by atoms with van der Waals surface area (Å²) in [5.41, 5.74) is 6.48. The van der Waals surface area contributed by atoms with Crippen molar-refractivity contribution in [3.05, 3.63) is 12.5 Å². The molecule has 0 aliphatic rings. The number of hydrogen-bond donors (Lipinski definition) is 2. The molecule has 2 aromatic rings. The van der Waals surface area contributed by atoms with E-state index in [1.807, 2.05) is 0 Å². The minimum atomic E-state index is 0.576. The lowest BCUT2D eigenvalue weighted by atomic mass is 10.3. The van der Waals surface area contributed by atoms with Crippen molar-refractivity contribution in [1.82, 2.24) is 25.0 Å². The molecule has 0 aliphatic heterocycles. The molecule has 0 aliphatic carbocycles. The summed E-state index contributed by atoms with van der Waals surface area (Å²) in [5.74, 6) is 1.22. The molecular formula is C6H8N6. The SMILES string of the molecule is Cn1ncc(-c2ncn[nH]2)c1N. The fourth-order valence-electron chi connectivity index (χ4n) is 0.965. The number of aromatic amines is 1.